The fraction of sp³-hybridized carbons (Fsp3) is 0. The fourth-order valence-electron chi connectivity index (χ4n) is 8.68. The molecule has 260 valence electrons. The highest BCUT2D eigenvalue weighted by molar-refractivity contribution is 7.26. The molecule has 56 heavy (non-hydrogen) atoms. The van der Waals surface area contributed by atoms with E-state index in [1.807, 2.05) is 12.3 Å². The number of hydrogen-bond acceptors (Lipinski definition) is 5. The first-order valence-corrected chi connectivity index (χ1v) is 19.7. The van der Waals surface area contributed by atoms with Crippen molar-refractivity contribution in [3.05, 3.63) is 182 Å². The first-order chi connectivity index (χ1) is 27.8. The summed E-state index contributed by atoms with van der Waals surface area (Å²) in [7, 11) is 0. The summed E-state index contributed by atoms with van der Waals surface area (Å²) < 4.78 is 2.29. The van der Waals surface area contributed by atoms with Gasteiger partial charge in [0.15, 0.2) is 5.82 Å². The largest absolute Gasteiger partial charge is 0.309 e. The number of pyridine rings is 1. The molecule has 0 radical (unpaired) electrons. The molecule has 0 atom stereocenters. The zero-order valence-electron chi connectivity index (χ0n) is 30.0. The third-order valence-electron chi connectivity index (χ3n) is 11.2. The predicted octanol–water partition coefficient (Wildman–Crippen LogP) is 14.2. The van der Waals surface area contributed by atoms with Crippen molar-refractivity contribution in [3.8, 4) is 44.9 Å². The Balaban J connectivity index is 1.05. The SMILES string of the molecule is c1ccc2c(c1)-c1cccc3cccc(c13)N2c1ccc2cccc(-c3nc(-c4ccc(-c5cccc6cccnc56)cc4)c4sc5ccccc5c4n3)c2c1. The number of thiophene rings is 1. The zero-order chi connectivity index (χ0) is 36.7. The number of nitrogens with zero attached hydrogens (tertiary/aromatic N) is 4. The van der Waals surface area contributed by atoms with Crippen molar-refractivity contribution in [2.75, 3.05) is 4.90 Å². The Bertz CT molecular complexity index is 3370. The molecule has 0 unspecified atom stereocenters. The molecular formula is C51H30N4S. The molecule has 8 aromatic carbocycles. The summed E-state index contributed by atoms with van der Waals surface area (Å²) in [6.45, 7) is 0. The summed E-state index contributed by atoms with van der Waals surface area (Å²) in [5, 5.41) is 7.04. The lowest BCUT2D eigenvalue weighted by Crippen LogP contribution is -2.14. The third kappa shape index (κ3) is 4.68. The molecule has 0 N–H and O–H groups in total. The van der Waals surface area contributed by atoms with Crippen molar-refractivity contribution < 1.29 is 0 Å². The van der Waals surface area contributed by atoms with Crippen LogP contribution in [-0.2, 0) is 0 Å². The van der Waals surface area contributed by atoms with Crippen LogP contribution in [0, 0.1) is 0 Å². The Morgan fingerprint density at radius 2 is 1.14 bits per heavy atom. The Kier molecular flexibility index (Phi) is 6.76. The van der Waals surface area contributed by atoms with Gasteiger partial charge in [-0.15, -0.1) is 11.3 Å². The summed E-state index contributed by atoms with van der Waals surface area (Å²) in [4.78, 5) is 18.0. The van der Waals surface area contributed by atoms with Gasteiger partial charge in [0.25, 0.3) is 0 Å². The smallest absolute Gasteiger partial charge is 0.161 e. The standard InChI is InChI=1S/C51H30N4S/c1-3-20-43-38(15-1)39-18-6-11-33-12-8-21-44(46(33)39)55(43)36-28-27-31-10-5-19-40(42(31)30-36)51-53-48(50-49(54-51)41-16-2-4-22-45(41)56-50)35-25-23-32(24-26-35)37-17-7-13-34-14-9-29-52-47(34)37/h1-30H. The molecule has 0 saturated heterocycles. The van der Waals surface area contributed by atoms with E-state index in [0.717, 1.165) is 70.9 Å². The number of anilines is 3. The van der Waals surface area contributed by atoms with Crippen molar-refractivity contribution in [2.45, 2.75) is 0 Å². The Morgan fingerprint density at radius 1 is 0.446 bits per heavy atom. The van der Waals surface area contributed by atoms with Crippen molar-refractivity contribution >= 4 is 81.1 Å². The van der Waals surface area contributed by atoms with Gasteiger partial charge in [0, 0.05) is 55.0 Å². The highest BCUT2D eigenvalue weighted by Crippen LogP contribution is 2.51. The van der Waals surface area contributed by atoms with Gasteiger partial charge in [-0.05, 0) is 63.7 Å². The van der Waals surface area contributed by atoms with E-state index in [-0.39, 0.29) is 0 Å². The summed E-state index contributed by atoms with van der Waals surface area (Å²) in [6, 6.07) is 63.0. The number of rotatable bonds is 4. The molecule has 4 nitrogen and oxygen atoms in total. The van der Waals surface area contributed by atoms with Crippen LogP contribution in [0.25, 0.3) is 97.6 Å². The van der Waals surface area contributed by atoms with Crippen LogP contribution in [0.5, 0.6) is 0 Å². The monoisotopic (exact) mass is 730 g/mol. The second kappa shape index (κ2) is 12.2. The van der Waals surface area contributed by atoms with Gasteiger partial charge in [-0.3, -0.25) is 4.98 Å². The maximum absolute atomic E-state index is 5.45. The van der Waals surface area contributed by atoms with E-state index in [9.17, 15) is 0 Å². The van der Waals surface area contributed by atoms with E-state index in [1.54, 1.807) is 11.3 Å². The van der Waals surface area contributed by atoms with E-state index in [4.69, 9.17) is 15.0 Å². The molecule has 0 fully saturated rings. The normalized spacial score (nSPS) is 12.2. The molecule has 0 aliphatic carbocycles. The highest BCUT2D eigenvalue weighted by atomic mass is 32.1. The fourth-order valence-corrected chi connectivity index (χ4v) is 9.84. The Morgan fingerprint density at radius 3 is 2.05 bits per heavy atom. The van der Waals surface area contributed by atoms with E-state index < -0.39 is 0 Å². The molecule has 5 heteroatoms. The van der Waals surface area contributed by atoms with Gasteiger partial charge in [0.1, 0.15) is 0 Å². The average Bonchev–Trinajstić information content (AvgIpc) is 3.65. The first-order valence-electron chi connectivity index (χ1n) is 18.9. The van der Waals surface area contributed by atoms with E-state index in [2.05, 4.69) is 175 Å². The minimum atomic E-state index is 0.715. The highest BCUT2D eigenvalue weighted by Gasteiger charge is 2.26. The summed E-state index contributed by atoms with van der Waals surface area (Å²) in [6.07, 6.45) is 1.86. The molecule has 0 amide bonds. The lowest BCUT2D eigenvalue weighted by molar-refractivity contribution is 1.24. The van der Waals surface area contributed by atoms with Gasteiger partial charge in [-0.25, -0.2) is 9.97 Å². The van der Waals surface area contributed by atoms with Crippen LogP contribution < -0.4 is 4.90 Å². The molecule has 11 aromatic rings. The second-order valence-corrected chi connectivity index (χ2v) is 15.4. The van der Waals surface area contributed by atoms with E-state index >= 15 is 0 Å². The van der Waals surface area contributed by atoms with Crippen LogP contribution in [0.4, 0.5) is 17.1 Å². The molecule has 0 spiro atoms. The zero-order valence-corrected chi connectivity index (χ0v) is 30.8. The van der Waals surface area contributed by atoms with Gasteiger partial charge in [-0.1, -0.05) is 140 Å². The Hall–Kier alpha value is -7.21. The lowest BCUT2D eigenvalue weighted by atomic mass is 9.90. The first kappa shape index (κ1) is 31.2. The van der Waals surface area contributed by atoms with Crippen LogP contribution in [0.1, 0.15) is 0 Å². The topological polar surface area (TPSA) is 41.9 Å². The third-order valence-corrected chi connectivity index (χ3v) is 12.4. The minimum absolute atomic E-state index is 0.715. The summed E-state index contributed by atoms with van der Waals surface area (Å²) >= 11 is 1.76. The number of para-hydroxylation sites is 2. The van der Waals surface area contributed by atoms with Gasteiger partial charge < -0.3 is 4.90 Å². The number of fused-ring (bicyclic) bond motifs is 7. The molecule has 0 bridgehead atoms. The molecule has 3 aromatic heterocycles. The minimum Gasteiger partial charge on any atom is -0.309 e. The van der Waals surface area contributed by atoms with Crippen molar-refractivity contribution in [1.29, 1.82) is 0 Å². The molecule has 0 saturated carbocycles. The number of hydrogen-bond donors (Lipinski definition) is 0. The van der Waals surface area contributed by atoms with Gasteiger partial charge in [0.05, 0.1) is 32.8 Å². The summed E-state index contributed by atoms with van der Waals surface area (Å²) in [5.41, 5.74) is 13.2. The Labute approximate surface area is 326 Å². The number of benzene rings is 8. The van der Waals surface area contributed by atoms with E-state index in [1.165, 1.54) is 38.0 Å². The van der Waals surface area contributed by atoms with Gasteiger partial charge in [-0.2, -0.15) is 0 Å². The van der Waals surface area contributed by atoms with Crippen LogP contribution in [0.3, 0.4) is 0 Å². The summed E-state index contributed by atoms with van der Waals surface area (Å²) in [5.74, 6) is 0.715. The molecular weight excluding hydrogens is 701 g/mol. The average molecular weight is 731 g/mol. The van der Waals surface area contributed by atoms with Gasteiger partial charge in [0.2, 0.25) is 0 Å². The van der Waals surface area contributed by atoms with Crippen LogP contribution in [0.2, 0.25) is 0 Å². The maximum atomic E-state index is 5.45. The molecule has 4 heterocycles. The van der Waals surface area contributed by atoms with Crippen molar-refractivity contribution in [3.63, 3.8) is 0 Å². The quantitative estimate of drug-likeness (QED) is 0.181. The van der Waals surface area contributed by atoms with Crippen LogP contribution in [-0.4, -0.2) is 15.0 Å². The lowest BCUT2D eigenvalue weighted by Gasteiger charge is -2.33. The van der Waals surface area contributed by atoms with Crippen molar-refractivity contribution in [2.24, 2.45) is 0 Å². The second-order valence-electron chi connectivity index (χ2n) is 14.4. The number of aromatic nitrogens is 3. The van der Waals surface area contributed by atoms with E-state index in [0.29, 0.717) is 5.82 Å². The van der Waals surface area contributed by atoms with Crippen molar-refractivity contribution in [1.82, 2.24) is 15.0 Å². The van der Waals surface area contributed by atoms with Crippen LogP contribution in [0.15, 0.2) is 182 Å². The van der Waals surface area contributed by atoms with Crippen LogP contribution >= 0.6 is 11.3 Å². The molecule has 12 rings (SSSR count). The molecule has 1 aliphatic rings. The maximum Gasteiger partial charge on any atom is 0.161 e. The molecule has 1 aliphatic heterocycles. The van der Waals surface area contributed by atoms with Gasteiger partial charge >= 0.3 is 0 Å². The predicted molar refractivity (Wildman–Crippen MR) is 235 cm³/mol.